The molecule has 0 fully saturated rings. The Bertz CT molecular complexity index is 1340. The summed E-state index contributed by atoms with van der Waals surface area (Å²) in [6.07, 6.45) is 2.75. The maximum absolute atomic E-state index is 13.9. The lowest BCUT2D eigenvalue weighted by Crippen LogP contribution is -2.53. The molecule has 0 spiro atoms. The second-order valence-corrected chi connectivity index (χ2v) is 11.2. The lowest BCUT2D eigenvalue weighted by atomic mass is 10.0. The molecule has 0 aromatic heterocycles. The Morgan fingerprint density at radius 3 is 2.03 bits per heavy atom. The van der Waals surface area contributed by atoms with Gasteiger partial charge in [-0.1, -0.05) is 55.8 Å². The molecule has 1 atom stereocenters. The third-order valence-electron chi connectivity index (χ3n) is 6.16. The Balaban J connectivity index is 2.01. The number of amides is 2. The molecule has 0 aliphatic carbocycles. The zero-order valence-corrected chi connectivity index (χ0v) is 22.8. The first-order valence-corrected chi connectivity index (χ1v) is 14.5. The number of sulfonamides is 1. The molecule has 0 aliphatic heterocycles. The summed E-state index contributed by atoms with van der Waals surface area (Å²) in [4.78, 5) is 28.7. The van der Waals surface area contributed by atoms with Crippen molar-refractivity contribution in [2.24, 2.45) is 0 Å². The summed E-state index contributed by atoms with van der Waals surface area (Å²) in [5, 5.41) is 2.89. The van der Waals surface area contributed by atoms with E-state index in [1.807, 2.05) is 37.3 Å². The van der Waals surface area contributed by atoms with Crippen molar-refractivity contribution in [1.29, 1.82) is 0 Å². The number of unbranched alkanes of at least 4 members (excludes halogenated alkanes) is 1. The molecular formula is C29H33F2N3O4S. The van der Waals surface area contributed by atoms with Crippen molar-refractivity contribution in [2.75, 3.05) is 23.7 Å². The average molecular weight is 558 g/mol. The van der Waals surface area contributed by atoms with E-state index in [1.165, 1.54) is 41.3 Å². The minimum Gasteiger partial charge on any atom is -0.354 e. The van der Waals surface area contributed by atoms with Crippen LogP contribution in [0.2, 0.25) is 0 Å². The maximum Gasteiger partial charge on any atom is 0.244 e. The van der Waals surface area contributed by atoms with E-state index in [-0.39, 0.29) is 24.6 Å². The quantitative estimate of drug-likeness (QED) is 0.318. The van der Waals surface area contributed by atoms with E-state index >= 15 is 0 Å². The maximum atomic E-state index is 13.9. The molecule has 1 N–H and O–H groups in total. The van der Waals surface area contributed by atoms with Gasteiger partial charge in [-0.3, -0.25) is 13.9 Å². The highest BCUT2D eigenvalue weighted by Crippen LogP contribution is 2.21. The normalized spacial score (nSPS) is 12.0. The molecule has 7 nitrogen and oxygen atoms in total. The van der Waals surface area contributed by atoms with Crippen LogP contribution in [0.3, 0.4) is 0 Å². The molecule has 0 radical (unpaired) electrons. The topological polar surface area (TPSA) is 86.8 Å². The molecule has 3 rings (SSSR count). The fourth-order valence-corrected chi connectivity index (χ4v) is 4.92. The summed E-state index contributed by atoms with van der Waals surface area (Å²) < 4.78 is 53.4. The smallest absolute Gasteiger partial charge is 0.244 e. The Kier molecular flexibility index (Phi) is 10.6. The number of anilines is 1. The van der Waals surface area contributed by atoms with Crippen molar-refractivity contribution in [1.82, 2.24) is 10.2 Å². The van der Waals surface area contributed by atoms with Gasteiger partial charge in [0.1, 0.15) is 24.2 Å². The number of hydrogen-bond acceptors (Lipinski definition) is 4. The van der Waals surface area contributed by atoms with Crippen molar-refractivity contribution in [3.05, 3.63) is 102 Å². The summed E-state index contributed by atoms with van der Waals surface area (Å²) in [7, 11) is -3.95. The highest BCUT2D eigenvalue weighted by molar-refractivity contribution is 7.92. The number of halogens is 2. The second-order valence-electron chi connectivity index (χ2n) is 9.24. The summed E-state index contributed by atoms with van der Waals surface area (Å²) in [5.74, 6) is -2.02. The summed E-state index contributed by atoms with van der Waals surface area (Å²) in [6.45, 7) is 1.75. The van der Waals surface area contributed by atoms with Gasteiger partial charge < -0.3 is 10.2 Å². The average Bonchev–Trinajstić information content (AvgIpc) is 2.91. The molecule has 208 valence electrons. The van der Waals surface area contributed by atoms with Gasteiger partial charge in [-0.25, -0.2) is 17.2 Å². The fourth-order valence-electron chi connectivity index (χ4n) is 4.07. The predicted octanol–water partition coefficient (Wildman–Crippen LogP) is 4.29. The van der Waals surface area contributed by atoms with Crippen molar-refractivity contribution in [3.63, 3.8) is 0 Å². The van der Waals surface area contributed by atoms with Gasteiger partial charge in [0.2, 0.25) is 21.8 Å². The third-order valence-corrected chi connectivity index (χ3v) is 7.30. The number of carbonyl (C=O) groups is 2. The lowest BCUT2D eigenvalue weighted by molar-refractivity contribution is -0.140. The lowest BCUT2D eigenvalue weighted by Gasteiger charge is -2.33. The highest BCUT2D eigenvalue weighted by Gasteiger charge is 2.33. The van der Waals surface area contributed by atoms with Crippen LogP contribution in [0.25, 0.3) is 0 Å². The van der Waals surface area contributed by atoms with Crippen LogP contribution in [0.4, 0.5) is 14.5 Å². The van der Waals surface area contributed by atoms with Gasteiger partial charge in [0.25, 0.3) is 0 Å². The molecule has 0 aliphatic rings. The van der Waals surface area contributed by atoms with Gasteiger partial charge in [0.15, 0.2) is 0 Å². The fraction of sp³-hybridized carbons (Fsp3) is 0.310. The third kappa shape index (κ3) is 8.88. The largest absolute Gasteiger partial charge is 0.354 e. The minimum atomic E-state index is -3.95. The summed E-state index contributed by atoms with van der Waals surface area (Å²) >= 11 is 0. The zero-order valence-electron chi connectivity index (χ0n) is 22.0. The Morgan fingerprint density at radius 1 is 0.872 bits per heavy atom. The number of nitrogens with zero attached hydrogens (tertiary/aromatic N) is 2. The van der Waals surface area contributed by atoms with Crippen LogP contribution in [-0.4, -0.2) is 50.5 Å². The SMILES string of the molecule is CCCCNC(=O)[C@H](Cc1ccccc1)N(Cc1ccc(F)cc1)C(=O)CN(c1ccc(F)cc1)S(C)(=O)=O. The van der Waals surface area contributed by atoms with E-state index in [9.17, 15) is 26.8 Å². The van der Waals surface area contributed by atoms with Crippen molar-refractivity contribution in [3.8, 4) is 0 Å². The van der Waals surface area contributed by atoms with Gasteiger partial charge in [-0.15, -0.1) is 0 Å². The number of nitrogens with one attached hydrogen (secondary N) is 1. The van der Waals surface area contributed by atoms with E-state index in [1.54, 1.807) is 0 Å². The van der Waals surface area contributed by atoms with Gasteiger partial charge in [-0.05, 0) is 53.9 Å². The molecule has 3 aromatic rings. The van der Waals surface area contributed by atoms with E-state index in [2.05, 4.69) is 5.32 Å². The van der Waals surface area contributed by atoms with E-state index in [4.69, 9.17) is 0 Å². The van der Waals surface area contributed by atoms with Crippen molar-refractivity contribution >= 4 is 27.5 Å². The van der Waals surface area contributed by atoms with Gasteiger partial charge in [0.05, 0.1) is 11.9 Å². The molecule has 3 aromatic carbocycles. The molecule has 10 heteroatoms. The monoisotopic (exact) mass is 557 g/mol. The molecule has 0 bridgehead atoms. The first kappa shape index (κ1) is 29.8. The summed E-state index contributed by atoms with van der Waals surface area (Å²) in [5.41, 5.74) is 1.49. The Morgan fingerprint density at radius 2 is 1.46 bits per heavy atom. The van der Waals surface area contributed by atoms with Crippen molar-refractivity contribution < 1.29 is 26.8 Å². The van der Waals surface area contributed by atoms with E-state index in [0.717, 1.165) is 41.1 Å². The number of benzene rings is 3. The molecule has 2 amide bonds. The first-order chi connectivity index (χ1) is 18.6. The molecule has 0 saturated heterocycles. The Hall–Kier alpha value is -3.79. The molecular weight excluding hydrogens is 524 g/mol. The number of rotatable bonds is 13. The molecule has 0 heterocycles. The van der Waals surface area contributed by atoms with Crippen LogP contribution >= 0.6 is 0 Å². The molecule has 0 saturated carbocycles. The molecule has 0 unspecified atom stereocenters. The highest BCUT2D eigenvalue weighted by atomic mass is 32.2. The van der Waals surface area contributed by atoms with Crippen LogP contribution in [-0.2, 0) is 32.6 Å². The predicted molar refractivity (Wildman–Crippen MR) is 147 cm³/mol. The molecule has 39 heavy (non-hydrogen) atoms. The van der Waals surface area contributed by atoms with Gasteiger partial charge in [0, 0.05) is 19.5 Å². The van der Waals surface area contributed by atoms with Crippen LogP contribution in [0.5, 0.6) is 0 Å². The number of hydrogen-bond donors (Lipinski definition) is 1. The zero-order chi connectivity index (χ0) is 28.4. The van der Waals surface area contributed by atoms with Gasteiger partial charge >= 0.3 is 0 Å². The van der Waals surface area contributed by atoms with E-state index < -0.39 is 40.2 Å². The number of carbonyl (C=O) groups excluding carboxylic acids is 2. The van der Waals surface area contributed by atoms with Crippen LogP contribution in [0.1, 0.15) is 30.9 Å². The first-order valence-electron chi connectivity index (χ1n) is 12.7. The minimum absolute atomic E-state index is 0.0567. The van der Waals surface area contributed by atoms with Crippen LogP contribution < -0.4 is 9.62 Å². The van der Waals surface area contributed by atoms with Crippen molar-refractivity contribution in [2.45, 2.75) is 38.8 Å². The van der Waals surface area contributed by atoms with Gasteiger partial charge in [-0.2, -0.15) is 0 Å². The Labute approximate surface area is 228 Å². The standard InChI is InChI=1S/C29H33F2N3O4S/c1-3-4-18-32-29(36)27(19-22-8-6-5-7-9-22)33(20-23-10-12-24(30)13-11-23)28(35)21-34(39(2,37)38)26-16-14-25(31)15-17-26/h5-17,27H,3-4,18-21H2,1-2H3,(H,32,36)/t27-/m0/s1. The second kappa shape index (κ2) is 13.8. The van der Waals surface area contributed by atoms with Crippen LogP contribution in [0.15, 0.2) is 78.9 Å². The summed E-state index contributed by atoms with van der Waals surface area (Å²) in [6, 6.07) is 18.5. The van der Waals surface area contributed by atoms with E-state index in [0.29, 0.717) is 12.1 Å². The van der Waals surface area contributed by atoms with Crippen LogP contribution in [0, 0.1) is 11.6 Å².